The Labute approximate surface area is 213 Å². The predicted molar refractivity (Wildman–Crippen MR) is 145 cm³/mol. The van der Waals surface area contributed by atoms with Crippen molar-refractivity contribution in [1.29, 1.82) is 0 Å². The molecule has 35 heavy (non-hydrogen) atoms. The van der Waals surface area contributed by atoms with Crippen molar-refractivity contribution in [3.63, 3.8) is 0 Å². The molecule has 0 spiro atoms. The minimum absolute atomic E-state index is 0. The van der Waals surface area contributed by atoms with Gasteiger partial charge in [-0.1, -0.05) is 43.3 Å². The molecule has 2 aromatic rings. The molecule has 1 fully saturated rings. The zero-order valence-corrected chi connectivity index (χ0v) is 19.6. The van der Waals surface area contributed by atoms with Crippen LogP contribution < -0.4 is 16.6 Å². The summed E-state index contributed by atoms with van der Waals surface area (Å²) in [4.78, 5) is 2.17. The van der Waals surface area contributed by atoms with Crippen molar-refractivity contribution in [3.8, 4) is 5.75 Å². The third kappa shape index (κ3) is 7.30. The van der Waals surface area contributed by atoms with E-state index in [1.54, 1.807) is 49.5 Å². The number of benzene rings is 2. The largest absolute Gasteiger partial charge is 0.508 e. The maximum atomic E-state index is 10.6. The number of phenols is 1. The van der Waals surface area contributed by atoms with E-state index in [-0.39, 0.29) is 25.7 Å². The van der Waals surface area contributed by atoms with Crippen LogP contribution in [-0.2, 0) is 11.7 Å². The molecule has 0 aliphatic carbocycles. The molecule has 10 heteroatoms. The van der Waals surface area contributed by atoms with Gasteiger partial charge < -0.3 is 21.1 Å². The highest BCUT2D eigenvalue weighted by atomic mass is 16.3. The molecule has 0 saturated carbocycles. The number of anilines is 1. The molecule has 1 heterocycles. The van der Waals surface area contributed by atoms with E-state index in [2.05, 4.69) is 4.90 Å². The minimum atomic E-state index is -1.43. The first-order chi connectivity index (χ1) is 15.9. The Bertz CT molecular complexity index is 1010. The van der Waals surface area contributed by atoms with E-state index in [0.717, 1.165) is 24.9 Å². The quantitative estimate of drug-likeness (QED) is 0.223. The van der Waals surface area contributed by atoms with Gasteiger partial charge in [0.25, 0.3) is 0 Å². The van der Waals surface area contributed by atoms with Crippen molar-refractivity contribution in [2.45, 2.75) is 44.5 Å². The number of aliphatic hydroxyl groups is 2. The Morgan fingerprint density at radius 2 is 1.86 bits per heavy atom. The zero-order valence-electron chi connectivity index (χ0n) is 19.6. The fourth-order valence-corrected chi connectivity index (χ4v) is 4.17. The number of rotatable bonds is 8. The van der Waals surface area contributed by atoms with Crippen LogP contribution in [0, 0.1) is 5.92 Å². The van der Waals surface area contributed by atoms with Crippen LogP contribution in [0.3, 0.4) is 0 Å². The fraction of sp³-hybridized carbons (Fsp3) is 0.440. The van der Waals surface area contributed by atoms with E-state index >= 15 is 0 Å². The molecular weight excluding hydrogens is 437 g/mol. The number of hydrogen-bond acceptors (Lipinski definition) is 7. The smallest absolute Gasteiger partial charge is 0.122 e. The summed E-state index contributed by atoms with van der Waals surface area (Å²) in [5.41, 5.74) is 8.07. The van der Waals surface area contributed by atoms with E-state index < -0.39 is 10.7 Å². The summed E-state index contributed by atoms with van der Waals surface area (Å²) in [7, 11) is 17.1. The predicted octanol–water partition coefficient (Wildman–Crippen LogP) is 1.24. The van der Waals surface area contributed by atoms with Gasteiger partial charge in [0, 0.05) is 36.8 Å². The summed E-state index contributed by atoms with van der Waals surface area (Å²) in [6, 6.07) is 12.1. The van der Waals surface area contributed by atoms with Crippen LogP contribution in [-0.4, -0.2) is 69.1 Å². The van der Waals surface area contributed by atoms with Gasteiger partial charge in [-0.15, -0.1) is 5.11 Å². The molecular formula is C25H35B3N4O3. The molecule has 1 unspecified atom stereocenters. The molecule has 1 saturated heterocycles. The van der Waals surface area contributed by atoms with Gasteiger partial charge in [0.2, 0.25) is 0 Å². The Morgan fingerprint density at radius 1 is 1.20 bits per heavy atom. The number of nitrogens with zero attached hydrogens (tertiary/aromatic N) is 2. The van der Waals surface area contributed by atoms with Crippen LogP contribution in [0.25, 0.3) is 5.70 Å². The van der Waals surface area contributed by atoms with Crippen LogP contribution in [0.1, 0.15) is 43.9 Å². The number of piperidine rings is 1. The van der Waals surface area contributed by atoms with Gasteiger partial charge >= 0.3 is 0 Å². The summed E-state index contributed by atoms with van der Waals surface area (Å²) < 4.78 is 0. The summed E-state index contributed by atoms with van der Waals surface area (Å²) in [5.74, 6) is 6.25. The summed E-state index contributed by atoms with van der Waals surface area (Å²) in [5, 5.41) is 30.4. The molecule has 2 aromatic carbocycles. The zero-order chi connectivity index (χ0) is 25.1. The minimum Gasteiger partial charge on any atom is -0.508 e. The SMILES string of the molecule is C.[B]C([B])([B])c1ccc(/C(N)=C/N(N)c2ccc(CN3CCCC([C@](C)(O)CO)C3)c(O)c2)cc1. The van der Waals surface area contributed by atoms with E-state index in [4.69, 9.17) is 35.1 Å². The number of hydrazine groups is 1. The standard InChI is InChI=1S/C24H31B3N4O3.CH4/c1-23(34,15-32)19-3-2-10-30(13-19)12-17-6-9-20(11-22(17)33)31(29)14-21(28)16-4-7-18(8-5-16)24(25,26)27;/h4-9,11,14,19,32-34H,2-3,10,12-13,15,28-29H2,1H3;1H4/b21-14-;/t19?,23-;/m1./s1. The highest BCUT2D eigenvalue weighted by molar-refractivity contribution is 6.58. The average Bonchev–Trinajstić information content (AvgIpc) is 2.80. The van der Waals surface area contributed by atoms with Gasteiger partial charge in [-0.25, -0.2) is 5.84 Å². The van der Waals surface area contributed by atoms with Gasteiger partial charge in [-0.2, -0.15) is 0 Å². The molecule has 6 radical (unpaired) electrons. The summed E-state index contributed by atoms with van der Waals surface area (Å²) in [6.45, 7) is 3.43. The molecule has 7 nitrogen and oxygen atoms in total. The number of aliphatic hydroxyl groups excluding tert-OH is 1. The topological polar surface area (TPSA) is 119 Å². The van der Waals surface area contributed by atoms with Crippen LogP contribution >= 0.6 is 0 Å². The maximum Gasteiger partial charge on any atom is 0.122 e. The van der Waals surface area contributed by atoms with E-state index in [1.165, 1.54) is 5.01 Å². The van der Waals surface area contributed by atoms with Crippen molar-refractivity contribution in [2.75, 3.05) is 24.7 Å². The van der Waals surface area contributed by atoms with E-state index in [1.807, 2.05) is 6.07 Å². The molecule has 0 bridgehead atoms. The molecule has 1 aliphatic rings. The molecule has 182 valence electrons. The third-order valence-corrected chi connectivity index (χ3v) is 6.46. The third-order valence-electron chi connectivity index (χ3n) is 6.46. The lowest BCUT2D eigenvalue weighted by atomic mass is 9.40. The fourth-order valence-electron chi connectivity index (χ4n) is 4.17. The van der Waals surface area contributed by atoms with Crippen molar-refractivity contribution in [2.24, 2.45) is 17.5 Å². The van der Waals surface area contributed by atoms with Gasteiger partial charge in [0.1, 0.15) is 5.75 Å². The first kappa shape index (κ1) is 28.8. The summed E-state index contributed by atoms with van der Waals surface area (Å²) in [6.07, 6.45) is 3.33. The lowest BCUT2D eigenvalue weighted by molar-refractivity contribution is -0.0697. The monoisotopic (exact) mass is 472 g/mol. The van der Waals surface area contributed by atoms with E-state index in [0.29, 0.717) is 35.6 Å². The average molecular weight is 472 g/mol. The number of nitrogens with two attached hydrogens (primary N) is 2. The molecule has 0 aromatic heterocycles. The molecule has 3 rings (SSSR count). The van der Waals surface area contributed by atoms with Crippen molar-refractivity contribution in [3.05, 3.63) is 65.4 Å². The van der Waals surface area contributed by atoms with Gasteiger partial charge in [0.05, 0.1) is 47.1 Å². The second kappa shape index (κ2) is 11.6. The molecule has 0 amide bonds. The molecule has 7 N–H and O–H groups in total. The molecule has 1 aliphatic heterocycles. The first-order valence-electron chi connectivity index (χ1n) is 11.3. The second-order valence-electron chi connectivity index (χ2n) is 9.40. The number of aromatic hydroxyl groups is 1. The lowest BCUT2D eigenvalue weighted by Gasteiger charge is -2.39. The highest BCUT2D eigenvalue weighted by Gasteiger charge is 2.34. The number of phenolic OH excluding ortho intramolecular Hbond substituents is 1. The van der Waals surface area contributed by atoms with Crippen molar-refractivity contribution < 1.29 is 15.3 Å². The maximum absolute atomic E-state index is 10.6. The van der Waals surface area contributed by atoms with Crippen LogP contribution in [0.5, 0.6) is 5.75 Å². The molecule has 2 atom stereocenters. The highest BCUT2D eigenvalue weighted by Crippen LogP contribution is 2.30. The Kier molecular flexibility index (Phi) is 9.53. The first-order valence-corrected chi connectivity index (χ1v) is 11.3. The van der Waals surface area contributed by atoms with Gasteiger partial charge in [-0.05, 0) is 37.9 Å². The number of likely N-dealkylation sites (tertiary alicyclic amines) is 1. The summed E-state index contributed by atoms with van der Waals surface area (Å²) >= 11 is 0. The normalized spacial score (nSPS) is 19.0. The van der Waals surface area contributed by atoms with Crippen LogP contribution in [0.15, 0.2) is 48.7 Å². The Balaban J connectivity index is 0.00000432. The lowest BCUT2D eigenvalue weighted by Crippen LogP contribution is -2.47. The van der Waals surface area contributed by atoms with Gasteiger partial charge in [0.15, 0.2) is 0 Å². The van der Waals surface area contributed by atoms with Crippen LogP contribution in [0.4, 0.5) is 5.69 Å². The van der Waals surface area contributed by atoms with Crippen molar-refractivity contribution >= 4 is 34.9 Å². The second-order valence-corrected chi connectivity index (χ2v) is 9.40. The van der Waals surface area contributed by atoms with Gasteiger partial charge in [-0.3, -0.25) is 9.91 Å². The van der Waals surface area contributed by atoms with Crippen LogP contribution in [0.2, 0.25) is 0 Å². The van der Waals surface area contributed by atoms with E-state index in [9.17, 15) is 15.3 Å². The number of hydrogen-bond donors (Lipinski definition) is 5. The Hall–Kier alpha value is -2.39. The Morgan fingerprint density at radius 3 is 2.43 bits per heavy atom. The van der Waals surface area contributed by atoms with Crippen molar-refractivity contribution in [1.82, 2.24) is 4.90 Å².